The molecule has 0 bridgehead atoms. The number of ether oxygens (including phenoxy) is 1. The van der Waals surface area contributed by atoms with Crippen molar-refractivity contribution in [3.63, 3.8) is 0 Å². The summed E-state index contributed by atoms with van der Waals surface area (Å²) in [5.41, 5.74) is 0.681. The third-order valence-corrected chi connectivity index (χ3v) is 4.13. The molecule has 0 radical (unpaired) electrons. The minimum Gasteiger partial charge on any atom is -0.497 e. The first-order valence-corrected chi connectivity index (χ1v) is 6.90. The summed E-state index contributed by atoms with van der Waals surface area (Å²) >= 11 is 0. The van der Waals surface area contributed by atoms with Gasteiger partial charge in [0.15, 0.2) is 0 Å². The number of allylic oxidation sites excluding steroid dienone is 1. The lowest BCUT2D eigenvalue weighted by molar-refractivity contribution is 0.00578. The molecule has 1 aromatic rings. The zero-order valence-corrected chi connectivity index (χ0v) is 13.1. The smallest absolute Gasteiger partial charge is 0.496 e. The first kappa shape index (κ1) is 15.6. The molecule has 0 atom stereocenters. The van der Waals surface area contributed by atoms with Gasteiger partial charge in [0.05, 0.1) is 24.4 Å². The summed E-state index contributed by atoms with van der Waals surface area (Å²) in [6.07, 6.45) is 1.47. The third kappa shape index (κ3) is 2.97. The predicted molar refractivity (Wildman–Crippen MR) is 82.7 cm³/mol. The maximum absolute atomic E-state index is 9.08. The molecule has 1 aliphatic rings. The number of rotatable bonds is 3. The molecule has 0 amide bonds. The predicted octanol–water partition coefficient (Wildman–Crippen LogP) is 3.23. The second kappa shape index (κ2) is 5.55. The van der Waals surface area contributed by atoms with Crippen LogP contribution in [-0.2, 0) is 9.31 Å². The normalized spacial score (nSPS) is 20.2. The molecule has 1 heterocycles. The highest BCUT2D eigenvalue weighted by Gasteiger charge is 2.52. The van der Waals surface area contributed by atoms with E-state index < -0.39 is 18.3 Å². The molecule has 0 spiro atoms. The van der Waals surface area contributed by atoms with Crippen molar-refractivity contribution in [2.24, 2.45) is 0 Å². The van der Waals surface area contributed by atoms with E-state index in [0.29, 0.717) is 5.47 Å². The Hall–Kier alpha value is -1.77. The van der Waals surface area contributed by atoms with Crippen LogP contribution >= 0.6 is 0 Å². The van der Waals surface area contributed by atoms with Gasteiger partial charge < -0.3 is 14.0 Å². The number of hydrogen-bond acceptors (Lipinski definition) is 4. The summed E-state index contributed by atoms with van der Waals surface area (Å²) in [4.78, 5) is 0. The lowest BCUT2D eigenvalue weighted by Gasteiger charge is -2.32. The number of methoxy groups -OCH3 is 1. The van der Waals surface area contributed by atoms with E-state index in [1.165, 1.54) is 6.08 Å². The number of hydrogen-bond donors (Lipinski definition) is 0. The summed E-state index contributed by atoms with van der Waals surface area (Å²) in [6, 6.07) is 9.59. The maximum Gasteiger partial charge on any atom is 0.496 e. The van der Waals surface area contributed by atoms with Crippen molar-refractivity contribution >= 4 is 12.6 Å². The van der Waals surface area contributed by atoms with E-state index in [2.05, 4.69) is 6.07 Å². The summed E-state index contributed by atoms with van der Waals surface area (Å²) in [5, 5.41) is 9.08. The minimum atomic E-state index is -0.568. The van der Waals surface area contributed by atoms with Crippen molar-refractivity contribution in [2.75, 3.05) is 7.11 Å². The highest BCUT2D eigenvalue weighted by Crippen LogP contribution is 2.40. The topological polar surface area (TPSA) is 51.5 Å². The Labute approximate surface area is 126 Å². The van der Waals surface area contributed by atoms with Crippen LogP contribution in [0.2, 0.25) is 0 Å². The van der Waals surface area contributed by atoms with Gasteiger partial charge in [-0.25, -0.2) is 0 Å². The van der Waals surface area contributed by atoms with Gasteiger partial charge in [0.1, 0.15) is 5.75 Å². The van der Waals surface area contributed by atoms with E-state index in [4.69, 9.17) is 19.3 Å². The van der Waals surface area contributed by atoms with E-state index in [1.54, 1.807) is 7.11 Å². The minimum absolute atomic E-state index is 0.439. The first-order chi connectivity index (χ1) is 9.80. The second-order valence-electron chi connectivity index (χ2n) is 6.05. The van der Waals surface area contributed by atoms with E-state index in [1.807, 2.05) is 52.0 Å². The number of nitrogens with zero attached hydrogens (tertiary/aromatic N) is 1. The molecule has 0 aliphatic carbocycles. The van der Waals surface area contributed by atoms with E-state index in [0.717, 1.165) is 11.3 Å². The molecule has 2 rings (SSSR count). The van der Waals surface area contributed by atoms with E-state index >= 15 is 0 Å². The Morgan fingerprint density at radius 2 is 1.86 bits per heavy atom. The second-order valence-corrected chi connectivity index (χ2v) is 6.05. The van der Waals surface area contributed by atoms with Crippen LogP contribution < -0.4 is 4.74 Å². The molecule has 0 N–H and O–H groups in total. The first-order valence-electron chi connectivity index (χ1n) is 6.90. The van der Waals surface area contributed by atoms with Crippen LogP contribution in [0.25, 0.3) is 5.47 Å². The SMILES string of the molecule is COc1cccc(C(=CC#N)B2OC(C)(C)C(C)(C)O2)c1. The van der Waals surface area contributed by atoms with E-state index in [-0.39, 0.29) is 0 Å². The fourth-order valence-electron chi connectivity index (χ4n) is 2.13. The van der Waals surface area contributed by atoms with Gasteiger partial charge in [-0.1, -0.05) is 12.1 Å². The number of benzene rings is 1. The van der Waals surface area contributed by atoms with Crippen molar-refractivity contribution in [2.45, 2.75) is 38.9 Å². The van der Waals surface area contributed by atoms with Crippen LogP contribution in [0.15, 0.2) is 30.3 Å². The molecule has 0 saturated carbocycles. The van der Waals surface area contributed by atoms with Crippen LogP contribution in [0.4, 0.5) is 0 Å². The molecular formula is C16H20BNO3. The zero-order chi connectivity index (χ0) is 15.7. The van der Waals surface area contributed by atoms with Crippen molar-refractivity contribution in [1.29, 1.82) is 5.26 Å². The molecular weight excluding hydrogens is 265 g/mol. The summed E-state index contributed by atoms with van der Waals surface area (Å²) in [5.74, 6) is 0.729. The molecule has 0 unspecified atom stereocenters. The molecule has 1 fully saturated rings. The average Bonchev–Trinajstić information content (AvgIpc) is 2.64. The Morgan fingerprint density at radius 1 is 1.24 bits per heavy atom. The summed E-state index contributed by atoms with van der Waals surface area (Å²) in [7, 11) is 1.04. The molecule has 5 heteroatoms. The fourth-order valence-corrected chi connectivity index (χ4v) is 2.13. The van der Waals surface area contributed by atoms with Gasteiger partial charge in [0.2, 0.25) is 0 Å². The molecule has 21 heavy (non-hydrogen) atoms. The van der Waals surface area contributed by atoms with Crippen LogP contribution in [0, 0.1) is 11.3 Å². The third-order valence-electron chi connectivity index (χ3n) is 4.13. The fraction of sp³-hybridized carbons (Fsp3) is 0.438. The Balaban J connectivity index is 2.38. The van der Waals surface area contributed by atoms with Gasteiger partial charge in [-0.3, -0.25) is 0 Å². The van der Waals surface area contributed by atoms with Gasteiger partial charge in [-0.2, -0.15) is 5.26 Å². The van der Waals surface area contributed by atoms with Crippen LogP contribution in [0.3, 0.4) is 0 Å². The van der Waals surface area contributed by atoms with Crippen molar-refractivity contribution in [3.8, 4) is 11.8 Å². The standard InChI is InChI=1S/C16H20BNO3/c1-15(2)16(3,4)21-17(20-15)14(9-10-18)12-7-6-8-13(11-12)19-5/h6-9,11H,1-5H3. The Morgan fingerprint density at radius 3 is 2.38 bits per heavy atom. The maximum atomic E-state index is 9.08. The molecule has 1 saturated heterocycles. The van der Waals surface area contributed by atoms with Gasteiger partial charge in [-0.05, 0) is 45.4 Å². The van der Waals surface area contributed by atoms with Gasteiger partial charge >= 0.3 is 7.12 Å². The highest BCUT2D eigenvalue weighted by atomic mass is 16.7. The Kier molecular flexibility index (Phi) is 4.13. The molecule has 1 aromatic carbocycles. The van der Waals surface area contributed by atoms with Crippen LogP contribution in [0.5, 0.6) is 5.75 Å². The Bertz CT molecular complexity index is 586. The van der Waals surface area contributed by atoms with Crippen molar-refractivity contribution < 1.29 is 14.0 Å². The van der Waals surface area contributed by atoms with E-state index in [9.17, 15) is 0 Å². The van der Waals surface area contributed by atoms with Crippen molar-refractivity contribution in [1.82, 2.24) is 0 Å². The van der Waals surface area contributed by atoms with Crippen LogP contribution in [0.1, 0.15) is 33.3 Å². The highest BCUT2D eigenvalue weighted by molar-refractivity contribution is 6.69. The van der Waals surface area contributed by atoms with Crippen LogP contribution in [-0.4, -0.2) is 25.4 Å². The lowest BCUT2D eigenvalue weighted by Crippen LogP contribution is -2.41. The largest absolute Gasteiger partial charge is 0.497 e. The summed E-state index contributed by atoms with van der Waals surface area (Å²) in [6.45, 7) is 7.95. The molecule has 110 valence electrons. The summed E-state index contributed by atoms with van der Waals surface area (Å²) < 4.78 is 17.3. The molecule has 0 aromatic heterocycles. The average molecular weight is 285 g/mol. The molecule has 4 nitrogen and oxygen atoms in total. The quantitative estimate of drug-likeness (QED) is 0.632. The van der Waals surface area contributed by atoms with Gasteiger partial charge in [-0.15, -0.1) is 0 Å². The van der Waals surface area contributed by atoms with Gasteiger partial charge in [0, 0.05) is 11.5 Å². The molecule has 1 aliphatic heterocycles. The van der Waals surface area contributed by atoms with Crippen molar-refractivity contribution in [3.05, 3.63) is 35.9 Å². The lowest BCUT2D eigenvalue weighted by atomic mass is 9.74. The number of nitriles is 1. The monoisotopic (exact) mass is 285 g/mol. The zero-order valence-electron chi connectivity index (χ0n) is 13.1. The van der Waals surface area contributed by atoms with Gasteiger partial charge in [0.25, 0.3) is 0 Å².